The Labute approximate surface area is 119 Å². The van der Waals surface area contributed by atoms with E-state index in [1.165, 1.54) is 6.26 Å². The van der Waals surface area contributed by atoms with Crippen LogP contribution in [0.25, 0.3) is 0 Å². The zero-order chi connectivity index (χ0) is 13.9. The maximum atomic E-state index is 11.8. The Bertz CT molecular complexity index is 531. The lowest BCUT2D eigenvalue weighted by molar-refractivity contribution is 0.403. The van der Waals surface area contributed by atoms with E-state index in [2.05, 4.69) is 9.88 Å². The van der Waals surface area contributed by atoms with Gasteiger partial charge in [-0.25, -0.2) is 13.4 Å². The zero-order valence-electron chi connectivity index (χ0n) is 11.0. The highest BCUT2D eigenvalue weighted by atomic mass is 35.5. The number of rotatable bonds is 4. The standard InChI is InChI=1S/C13H19ClN2O2S/c1-19(17,18)12-5-2-8-15-13(12)16-9-3-4-11(10-16)6-7-14/h2,5,8,11H,3-4,6-7,9-10H2,1H3. The summed E-state index contributed by atoms with van der Waals surface area (Å²) < 4.78 is 23.6. The number of alkyl halides is 1. The van der Waals surface area contributed by atoms with Gasteiger partial charge in [0, 0.05) is 31.4 Å². The van der Waals surface area contributed by atoms with Crippen LogP contribution in [0.15, 0.2) is 23.2 Å². The number of nitrogens with zero attached hydrogens (tertiary/aromatic N) is 2. The van der Waals surface area contributed by atoms with Crippen LogP contribution < -0.4 is 4.90 Å². The minimum atomic E-state index is -3.24. The molecule has 0 bridgehead atoms. The smallest absolute Gasteiger partial charge is 0.179 e. The van der Waals surface area contributed by atoms with E-state index in [-0.39, 0.29) is 0 Å². The predicted molar refractivity (Wildman–Crippen MR) is 77.6 cm³/mol. The highest BCUT2D eigenvalue weighted by Crippen LogP contribution is 2.28. The quantitative estimate of drug-likeness (QED) is 0.801. The lowest BCUT2D eigenvalue weighted by Crippen LogP contribution is -2.37. The third kappa shape index (κ3) is 3.60. The molecule has 1 fully saturated rings. The van der Waals surface area contributed by atoms with Crippen LogP contribution in [-0.2, 0) is 9.84 Å². The summed E-state index contributed by atoms with van der Waals surface area (Å²) in [5.41, 5.74) is 0. The van der Waals surface area contributed by atoms with Crippen LogP contribution in [0.3, 0.4) is 0 Å². The molecule has 2 heterocycles. The highest BCUT2D eigenvalue weighted by molar-refractivity contribution is 7.90. The van der Waals surface area contributed by atoms with E-state index in [9.17, 15) is 8.42 Å². The number of aromatic nitrogens is 1. The molecule has 1 aliphatic heterocycles. The van der Waals surface area contributed by atoms with E-state index in [4.69, 9.17) is 11.6 Å². The molecule has 19 heavy (non-hydrogen) atoms. The molecule has 0 amide bonds. The fourth-order valence-electron chi connectivity index (χ4n) is 2.56. The van der Waals surface area contributed by atoms with Crippen LogP contribution in [0.4, 0.5) is 5.82 Å². The molecule has 1 aromatic heterocycles. The first-order valence-corrected chi connectivity index (χ1v) is 8.91. The Morgan fingerprint density at radius 3 is 3.00 bits per heavy atom. The van der Waals surface area contributed by atoms with Crippen molar-refractivity contribution in [3.05, 3.63) is 18.3 Å². The summed E-state index contributed by atoms with van der Waals surface area (Å²) in [5.74, 6) is 1.77. The molecule has 0 aromatic carbocycles. The van der Waals surface area contributed by atoms with E-state index in [0.717, 1.165) is 32.4 Å². The Balaban J connectivity index is 2.27. The number of anilines is 1. The molecular formula is C13H19ClN2O2S. The average Bonchev–Trinajstić information content (AvgIpc) is 2.38. The van der Waals surface area contributed by atoms with Gasteiger partial charge in [0.25, 0.3) is 0 Å². The SMILES string of the molecule is CS(=O)(=O)c1cccnc1N1CCCC(CCCl)C1. The molecule has 4 nitrogen and oxygen atoms in total. The first kappa shape index (κ1) is 14.6. The molecule has 0 saturated carbocycles. The number of hydrogen-bond acceptors (Lipinski definition) is 4. The molecule has 0 radical (unpaired) electrons. The minimum Gasteiger partial charge on any atom is -0.355 e. The zero-order valence-corrected chi connectivity index (χ0v) is 12.6. The van der Waals surface area contributed by atoms with E-state index < -0.39 is 9.84 Å². The van der Waals surface area contributed by atoms with Gasteiger partial charge in [0.15, 0.2) is 9.84 Å². The van der Waals surface area contributed by atoms with E-state index in [1.54, 1.807) is 18.3 Å². The predicted octanol–water partition coefficient (Wildman–Crippen LogP) is 2.33. The van der Waals surface area contributed by atoms with Gasteiger partial charge in [0.2, 0.25) is 0 Å². The van der Waals surface area contributed by atoms with E-state index in [1.807, 2.05) is 0 Å². The van der Waals surface area contributed by atoms with Crippen molar-refractivity contribution in [1.29, 1.82) is 0 Å². The highest BCUT2D eigenvalue weighted by Gasteiger charge is 2.24. The molecule has 1 saturated heterocycles. The third-order valence-corrected chi connectivity index (χ3v) is 4.82. The summed E-state index contributed by atoms with van der Waals surface area (Å²) >= 11 is 5.80. The Kier molecular flexibility index (Phi) is 4.68. The van der Waals surface area contributed by atoms with Gasteiger partial charge in [-0.15, -0.1) is 11.6 Å². The van der Waals surface area contributed by atoms with Crippen molar-refractivity contribution in [2.75, 3.05) is 30.1 Å². The maximum absolute atomic E-state index is 11.8. The number of pyridine rings is 1. The third-order valence-electron chi connectivity index (χ3n) is 3.49. The normalized spacial score (nSPS) is 20.5. The fraction of sp³-hybridized carbons (Fsp3) is 0.615. The Morgan fingerprint density at radius 1 is 1.53 bits per heavy atom. The van der Waals surface area contributed by atoms with E-state index >= 15 is 0 Å². The van der Waals surface area contributed by atoms with Gasteiger partial charge in [-0.3, -0.25) is 0 Å². The largest absolute Gasteiger partial charge is 0.355 e. The summed E-state index contributed by atoms with van der Waals surface area (Å²) in [7, 11) is -3.24. The van der Waals surface area contributed by atoms with Crippen LogP contribution in [-0.4, -0.2) is 38.6 Å². The maximum Gasteiger partial charge on any atom is 0.179 e. The summed E-state index contributed by atoms with van der Waals surface area (Å²) in [5, 5.41) is 0. The van der Waals surface area contributed by atoms with Crippen molar-refractivity contribution < 1.29 is 8.42 Å². The summed E-state index contributed by atoms with van der Waals surface area (Å²) in [6, 6.07) is 3.29. The van der Waals surface area contributed by atoms with Gasteiger partial charge in [0.1, 0.15) is 10.7 Å². The van der Waals surface area contributed by atoms with Crippen LogP contribution in [0, 0.1) is 5.92 Å². The molecule has 1 unspecified atom stereocenters. The molecule has 0 N–H and O–H groups in total. The first-order chi connectivity index (χ1) is 9.02. The van der Waals surface area contributed by atoms with Gasteiger partial charge in [-0.2, -0.15) is 0 Å². The topological polar surface area (TPSA) is 50.3 Å². The summed E-state index contributed by atoms with van der Waals surface area (Å²) in [6.45, 7) is 1.70. The molecule has 1 aromatic rings. The second-order valence-corrected chi connectivity index (χ2v) is 7.39. The number of piperidine rings is 1. The lowest BCUT2D eigenvalue weighted by atomic mass is 9.95. The van der Waals surface area contributed by atoms with Crippen molar-refractivity contribution in [1.82, 2.24) is 4.98 Å². The molecule has 2 rings (SSSR count). The van der Waals surface area contributed by atoms with Gasteiger partial charge < -0.3 is 4.90 Å². The lowest BCUT2D eigenvalue weighted by Gasteiger charge is -2.34. The molecule has 0 spiro atoms. The van der Waals surface area contributed by atoms with Gasteiger partial charge in [0.05, 0.1) is 0 Å². The second-order valence-electron chi connectivity index (χ2n) is 5.03. The van der Waals surface area contributed by atoms with Crippen molar-refractivity contribution in [2.24, 2.45) is 5.92 Å². The Morgan fingerprint density at radius 2 is 2.32 bits per heavy atom. The summed E-state index contributed by atoms with van der Waals surface area (Å²) in [4.78, 5) is 6.68. The van der Waals surface area contributed by atoms with Gasteiger partial charge in [-0.1, -0.05) is 0 Å². The van der Waals surface area contributed by atoms with Crippen LogP contribution in [0.2, 0.25) is 0 Å². The van der Waals surface area contributed by atoms with Gasteiger partial charge in [-0.05, 0) is 37.3 Å². The monoisotopic (exact) mass is 302 g/mol. The summed E-state index contributed by atoms with van der Waals surface area (Å²) in [6.07, 6.45) is 6.06. The van der Waals surface area contributed by atoms with Crippen LogP contribution >= 0.6 is 11.6 Å². The van der Waals surface area contributed by atoms with Gasteiger partial charge >= 0.3 is 0 Å². The molecular weight excluding hydrogens is 284 g/mol. The molecule has 106 valence electrons. The average molecular weight is 303 g/mol. The Hall–Kier alpha value is -0.810. The molecule has 1 aliphatic rings. The molecule has 1 atom stereocenters. The van der Waals surface area contributed by atoms with Crippen molar-refractivity contribution >= 4 is 27.3 Å². The van der Waals surface area contributed by atoms with Crippen molar-refractivity contribution in [3.63, 3.8) is 0 Å². The van der Waals surface area contributed by atoms with E-state index in [0.29, 0.717) is 22.5 Å². The number of sulfone groups is 1. The number of halogens is 1. The van der Waals surface area contributed by atoms with Crippen molar-refractivity contribution in [3.8, 4) is 0 Å². The molecule has 6 heteroatoms. The van der Waals surface area contributed by atoms with Crippen molar-refractivity contribution in [2.45, 2.75) is 24.2 Å². The fourth-order valence-corrected chi connectivity index (χ4v) is 3.70. The van der Waals surface area contributed by atoms with Crippen LogP contribution in [0.5, 0.6) is 0 Å². The molecule has 0 aliphatic carbocycles. The minimum absolute atomic E-state index is 0.321. The first-order valence-electron chi connectivity index (χ1n) is 6.48. The number of hydrogen-bond donors (Lipinski definition) is 0. The van der Waals surface area contributed by atoms with Crippen LogP contribution in [0.1, 0.15) is 19.3 Å². The second kappa shape index (κ2) is 6.09.